The Kier molecular flexibility index (Phi) is 6.19. The lowest BCUT2D eigenvalue weighted by Crippen LogP contribution is -2.25. The van der Waals surface area contributed by atoms with Crippen LogP contribution in [0.5, 0.6) is 5.75 Å². The number of nitrogens with zero attached hydrogens (tertiary/aromatic N) is 2. The van der Waals surface area contributed by atoms with E-state index in [-0.39, 0.29) is 6.61 Å². The molecule has 5 nitrogen and oxygen atoms in total. The molecule has 0 saturated carbocycles. The number of rotatable bonds is 5. The molecular weight excluding hydrogens is 349 g/mol. The number of halogens is 2. The second-order valence-electron chi connectivity index (χ2n) is 4.78. The number of ether oxygens (including phenoxy) is 1. The number of amides is 1. The number of nitriles is 1. The fourth-order valence-corrected chi connectivity index (χ4v) is 2.21. The third-order valence-corrected chi connectivity index (χ3v) is 3.58. The van der Waals surface area contributed by atoms with E-state index in [0.29, 0.717) is 32.6 Å². The normalized spacial score (nSPS) is 10.8. The molecule has 1 amide bonds. The van der Waals surface area contributed by atoms with Crippen LogP contribution in [0, 0.1) is 11.3 Å². The molecule has 0 radical (unpaired) electrons. The quantitative estimate of drug-likeness (QED) is 0.650. The van der Waals surface area contributed by atoms with Gasteiger partial charge in [-0.3, -0.25) is 4.79 Å². The third-order valence-electron chi connectivity index (χ3n) is 3.02. The van der Waals surface area contributed by atoms with Gasteiger partial charge in [0.05, 0.1) is 17.3 Å². The summed E-state index contributed by atoms with van der Waals surface area (Å²) in [5, 5.41) is 13.7. The maximum Gasteiger partial charge on any atom is 0.277 e. The molecule has 24 heavy (non-hydrogen) atoms. The van der Waals surface area contributed by atoms with Crippen molar-refractivity contribution in [3.63, 3.8) is 0 Å². The first-order chi connectivity index (χ1) is 11.5. The van der Waals surface area contributed by atoms with Crippen molar-refractivity contribution < 1.29 is 9.53 Å². The number of carbonyl (C=O) groups excluding carboxylic acids is 1. The second kappa shape index (κ2) is 8.34. The highest BCUT2D eigenvalue weighted by Crippen LogP contribution is 2.21. The first-order valence-corrected chi connectivity index (χ1v) is 7.66. The minimum absolute atomic E-state index is 0.202. The SMILES string of the molecule is C/C(=N\NC(=O)COc1ccc(C#N)cc1)c1cc(Cl)ccc1Cl. The molecule has 2 rings (SSSR count). The molecular formula is C17H13Cl2N3O2. The summed E-state index contributed by atoms with van der Waals surface area (Å²) in [6.07, 6.45) is 0. The number of nitrogens with one attached hydrogen (secondary N) is 1. The van der Waals surface area contributed by atoms with E-state index in [2.05, 4.69) is 10.5 Å². The molecule has 0 fully saturated rings. The van der Waals surface area contributed by atoms with E-state index in [4.69, 9.17) is 33.2 Å². The molecule has 1 N–H and O–H groups in total. The van der Waals surface area contributed by atoms with Crippen LogP contribution in [0.2, 0.25) is 10.0 Å². The molecule has 0 aliphatic rings. The van der Waals surface area contributed by atoms with Crippen molar-refractivity contribution in [2.24, 2.45) is 5.10 Å². The molecule has 0 unspecified atom stereocenters. The van der Waals surface area contributed by atoms with Gasteiger partial charge >= 0.3 is 0 Å². The largest absolute Gasteiger partial charge is 0.484 e. The average Bonchev–Trinajstić information content (AvgIpc) is 2.60. The zero-order valence-corrected chi connectivity index (χ0v) is 14.2. The van der Waals surface area contributed by atoms with E-state index in [0.717, 1.165) is 0 Å². The number of benzene rings is 2. The second-order valence-corrected chi connectivity index (χ2v) is 5.62. The molecule has 0 bridgehead atoms. The summed E-state index contributed by atoms with van der Waals surface area (Å²) in [5.41, 5.74) is 4.07. The van der Waals surface area contributed by atoms with Gasteiger partial charge in [0.1, 0.15) is 5.75 Å². The number of carbonyl (C=O) groups is 1. The minimum Gasteiger partial charge on any atom is -0.484 e. The topological polar surface area (TPSA) is 74.5 Å². The molecule has 0 saturated heterocycles. The Morgan fingerprint density at radius 1 is 1.25 bits per heavy atom. The van der Waals surface area contributed by atoms with Crippen molar-refractivity contribution >= 4 is 34.8 Å². The number of hydrazone groups is 1. The van der Waals surface area contributed by atoms with Crippen molar-refractivity contribution in [1.29, 1.82) is 5.26 Å². The van der Waals surface area contributed by atoms with Crippen LogP contribution < -0.4 is 10.2 Å². The van der Waals surface area contributed by atoms with Gasteiger partial charge in [-0.2, -0.15) is 10.4 Å². The Morgan fingerprint density at radius 2 is 1.96 bits per heavy atom. The Bertz CT molecular complexity index is 812. The molecule has 0 aliphatic heterocycles. The predicted molar refractivity (Wildman–Crippen MR) is 93.5 cm³/mol. The van der Waals surface area contributed by atoms with Crippen molar-refractivity contribution in [3.05, 3.63) is 63.6 Å². The molecule has 2 aromatic rings. The molecule has 0 atom stereocenters. The van der Waals surface area contributed by atoms with E-state index >= 15 is 0 Å². The zero-order valence-electron chi connectivity index (χ0n) is 12.7. The molecule has 0 spiro atoms. The summed E-state index contributed by atoms with van der Waals surface area (Å²) >= 11 is 12.0. The van der Waals surface area contributed by atoms with E-state index in [1.807, 2.05) is 6.07 Å². The lowest BCUT2D eigenvalue weighted by Gasteiger charge is -2.07. The number of hydrogen-bond donors (Lipinski definition) is 1. The standard InChI is InChI=1S/C17H13Cl2N3O2/c1-11(15-8-13(18)4-7-16(15)19)21-22-17(23)10-24-14-5-2-12(9-20)3-6-14/h2-8H,10H2,1H3,(H,22,23)/b21-11+. The van der Waals surface area contributed by atoms with E-state index in [9.17, 15) is 4.79 Å². The van der Waals surface area contributed by atoms with Gasteiger partial charge in [0.15, 0.2) is 6.61 Å². The fraction of sp³-hybridized carbons (Fsp3) is 0.118. The number of hydrogen-bond acceptors (Lipinski definition) is 4. The minimum atomic E-state index is -0.420. The summed E-state index contributed by atoms with van der Waals surface area (Å²) in [5.74, 6) is 0.0691. The lowest BCUT2D eigenvalue weighted by molar-refractivity contribution is -0.123. The average molecular weight is 362 g/mol. The van der Waals surface area contributed by atoms with Crippen LogP contribution in [0.3, 0.4) is 0 Å². The Hall–Kier alpha value is -2.55. The van der Waals surface area contributed by atoms with Gasteiger partial charge in [0.2, 0.25) is 0 Å². The third kappa shape index (κ3) is 4.98. The Balaban J connectivity index is 1.92. The van der Waals surface area contributed by atoms with Gasteiger partial charge in [0, 0.05) is 15.6 Å². The van der Waals surface area contributed by atoms with Gasteiger partial charge < -0.3 is 4.74 Å². The molecule has 0 heterocycles. The maximum absolute atomic E-state index is 11.8. The van der Waals surface area contributed by atoms with Crippen molar-refractivity contribution in [2.75, 3.05) is 6.61 Å². The van der Waals surface area contributed by atoms with Gasteiger partial charge in [-0.05, 0) is 49.4 Å². The zero-order chi connectivity index (χ0) is 17.5. The van der Waals surface area contributed by atoms with Crippen molar-refractivity contribution in [1.82, 2.24) is 5.43 Å². The van der Waals surface area contributed by atoms with Gasteiger partial charge in [-0.15, -0.1) is 0 Å². The highest BCUT2D eigenvalue weighted by molar-refractivity contribution is 6.36. The van der Waals surface area contributed by atoms with Crippen molar-refractivity contribution in [3.8, 4) is 11.8 Å². The monoisotopic (exact) mass is 361 g/mol. The van der Waals surface area contributed by atoms with Crippen LogP contribution in [0.15, 0.2) is 47.6 Å². The maximum atomic E-state index is 11.8. The molecule has 0 aliphatic carbocycles. The van der Waals surface area contributed by atoms with Crippen LogP contribution in [0.1, 0.15) is 18.1 Å². The first-order valence-electron chi connectivity index (χ1n) is 6.91. The Labute approximate surface area is 149 Å². The molecule has 7 heteroatoms. The molecule has 2 aromatic carbocycles. The van der Waals surface area contributed by atoms with Crippen LogP contribution in [-0.4, -0.2) is 18.2 Å². The summed E-state index contributed by atoms with van der Waals surface area (Å²) in [4.78, 5) is 11.8. The molecule has 0 aromatic heterocycles. The first kappa shape index (κ1) is 17.8. The highest BCUT2D eigenvalue weighted by Gasteiger charge is 2.07. The summed E-state index contributed by atoms with van der Waals surface area (Å²) in [7, 11) is 0. The summed E-state index contributed by atoms with van der Waals surface area (Å²) in [6, 6.07) is 13.5. The van der Waals surface area contributed by atoms with Crippen LogP contribution in [0.25, 0.3) is 0 Å². The van der Waals surface area contributed by atoms with Crippen LogP contribution >= 0.6 is 23.2 Å². The highest BCUT2D eigenvalue weighted by atomic mass is 35.5. The van der Waals surface area contributed by atoms with Gasteiger partial charge in [0.25, 0.3) is 5.91 Å². The van der Waals surface area contributed by atoms with Crippen LogP contribution in [0.4, 0.5) is 0 Å². The Morgan fingerprint density at radius 3 is 2.62 bits per heavy atom. The van der Waals surface area contributed by atoms with E-state index in [1.165, 1.54) is 0 Å². The molecule has 122 valence electrons. The van der Waals surface area contributed by atoms with Crippen LogP contribution in [-0.2, 0) is 4.79 Å². The lowest BCUT2D eigenvalue weighted by atomic mass is 10.1. The van der Waals surface area contributed by atoms with E-state index in [1.54, 1.807) is 49.4 Å². The fourth-order valence-electron chi connectivity index (χ4n) is 1.79. The van der Waals surface area contributed by atoms with E-state index < -0.39 is 5.91 Å². The smallest absolute Gasteiger partial charge is 0.277 e. The van der Waals surface area contributed by atoms with Gasteiger partial charge in [-0.1, -0.05) is 23.2 Å². The summed E-state index contributed by atoms with van der Waals surface area (Å²) in [6.45, 7) is 1.51. The summed E-state index contributed by atoms with van der Waals surface area (Å²) < 4.78 is 5.31. The van der Waals surface area contributed by atoms with Gasteiger partial charge in [-0.25, -0.2) is 5.43 Å². The predicted octanol–water partition coefficient (Wildman–Crippen LogP) is 3.78. The van der Waals surface area contributed by atoms with Crippen molar-refractivity contribution in [2.45, 2.75) is 6.92 Å².